The maximum Gasteiger partial charge on any atom is 0.0629 e. The molecule has 2 saturated heterocycles. The standard InChI is InChI=1S/C10H18O3/c11-9-3-6-13-10(7-9)8-1-4-12-5-2-8/h8-11H,1-7H2/t9-,10+/m0/s1. The Kier molecular flexibility index (Phi) is 3.19. The maximum atomic E-state index is 9.50. The maximum absolute atomic E-state index is 9.50. The van der Waals surface area contributed by atoms with Crippen molar-refractivity contribution in [2.75, 3.05) is 19.8 Å². The van der Waals surface area contributed by atoms with Crippen molar-refractivity contribution < 1.29 is 14.6 Å². The van der Waals surface area contributed by atoms with Gasteiger partial charge in [0.25, 0.3) is 0 Å². The van der Waals surface area contributed by atoms with Gasteiger partial charge in [-0.15, -0.1) is 0 Å². The molecule has 2 heterocycles. The zero-order chi connectivity index (χ0) is 9.10. The van der Waals surface area contributed by atoms with Crippen LogP contribution in [-0.4, -0.2) is 37.1 Å². The van der Waals surface area contributed by atoms with E-state index < -0.39 is 0 Å². The Morgan fingerprint density at radius 2 is 1.77 bits per heavy atom. The molecule has 0 aromatic rings. The summed E-state index contributed by atoms with van der Waals surface area (Å²) in [5, 5.41) is 9.50. The predicted molar refractivity (Wildman–Crippen MR) is 48.5 cm³/mol. The molecule has 0 bridgehead atoms. The summed E-state index contributed by atoms with van der Waals surface area (Å²) < 4.78 is 11.0. The minimum Gasteiger partial charge on any atom is -0.393 e. The second-order valence-electron chi connectivity index (χ2n) is 4.04. The molecule has 13 heavy (non-hydrogen) atoms. The van der Waals surface area contributed by atoms with Crippen molar-refractivity contribution in [2.24, 2.45) is 5.92 Å². The third kappa shape index (κ3) is 2.42. The van der Waals surface area contributed by atoms with E-state index in [1.807, 2.05) is 0 Å². The van der Waals surface area contributed by atoms with Gasteiger partial charge in [-0.25, -0.2) is 0 Å². The number of hydrogen-bond acceptors (Lipinski definition) is 3. The van der Waals surface area contributed by atoms with Crippen LogP contribution in [0, 0.1) is 5.92 Å². The lowest BCUT2D eigenvalue weighted by atomic mass is 9.88. The number of ether oxygens (including phenoxy) is 2. The molecule has 2 atom stereocenters. The molecule has 0 aromatic heterocycles. The summed E-state index contributed by atoms with van der Waals surface area (Å²) in [6.45, 7) is 2.45. The minimum atomic E-state index is -0.137. The number of aliphatic hydroxyl groups excluding tert-OH is 1. The third-order valence-electron chi connectivity index (χ3n) is 3.08. The summed E-state index contributed by atoms with van der Waals surface area (Å²) in [7, 11) is 0. The summed E-state index contributed by atoms with van der Waals surface area (Å²) >= 11 is 0. The van der Waals surface area contributed by atoms with E-state index in [9.17, 15) is 5.11 Å². The Labute approximate surface area is 79.0 Å². The molecule has 0 aliphatic carbocycles. The van der Waals surface area contributed by atoms with Crippen LogP contribution in [0.2, 0.25) is 0 Å². The first-order chi connectivity index (χ1) is 6.36. The van der Waals surface area contributed by atoms with Gasteiger partial charge in [0.2, 0.25) is 0 Å². The van der Waals surface area contributed by atoms with Crippen LogP contribution in [0.4, 0.5) is 0 Å². The Morgan fingerprint density at radius 1 is 1.00 bits per heavy atom. The van der Waals surface area contributed by atoms with Crippen LogP contribution in [0.1, 0.15) is 25.7 Å². The summed E-state index contributed by atoms with van der Waals surface area (Å²) in [6.07, 6.45) is 3.97. The molecule has 0 saturated carbocycles. The van der Waals surface area contributed by atoms with Gasteiger partial charge in [0, 0.05) is 19.8 Å². The SMILES string of the molecule is O[C@H]1CCO[C@@H](C2CCOCC2)C1. The van der Waals surface area contributed by atoms with Gasteiger partial charge in [-0.1, -0.05) is 0 Å². The highest BCUT2D eigenvalue weighted by Gasteiger charge is 2.29. The molecular formula is C10H18O3. The fourth-order valence-corrected chi connectivity index (χ4v) is 2.23. The molecule has 1 N–H and O–H groups in total. The van der Waals surface area contributed by atoms with Crippen LogP contribution < -0.4 is 0 Å². The van der Waals surface area contributed by atoms with Crippen LogP contribution in [0.15, 0.2) is 0 Å². The van der Waals surface area contributed by atoms with Crippen molar-refractivity contribution in [3.8, 4) is 0 Å². The zero-order valence-corrected chi connectivity index (χ0v) is 7.95. The van der Waals surface area contributed by atoms with Gasteiger partial charge in [0.05, 0.1) is 12.2 Å². The molecule has 2 aliphatic rings. The first-order valence-electron chi connectivity index (χ1n) is 5.23. The van der Waals surface area contributed by atoms with Gasteiger partial charge in [-0.05, 0) is 31.6 Å². The smallest absolute Gasteiger partial charge is 0.0629 e. The van der Waals surface area contributed by atoms with Crippen molar-refractivity contribution in [3.05, 3.63) is 0 Å². The van der Waals surface area contributed by atoms with Crippen molar-refractivity contribution in [3.63, 3.8) is 0 Å². The molecular weight excluding hydrogens is 168 g/mol. The lowest BCUT2D eigenvalue weighted by Gasteiger charge is -2.34. The largest absolute Gasteiger partial charge is 0.393 e. The average Bonchev–Trinajstić information content (AvgIpc) is 2.19. The second-order valence-corrected chi connectivity index (χ2v) is 4.04. The Balaban J connectivity index is 1.83. The van der Waals surface area contributed by atoms with Crippen molar-refractivity contribution in [2.45, 2.75) is 37.9 Å². The van der Waals surface area contributed by atoms with Crippen LogP contribution in [0.3, 0.4) is 0 Å². The molecule has 2 rings (SSSR count). The number of hydrogen-bond donors (Lipinski definition) is 1. The van der Waals surface area contributed by atoms with Crippen molar-refractivity contribution in [1.29, 1.82) is 0 Å². The second kappa shape index (κ2) is 4.40. The highest BCUT2D eigenvalue weighted by molar-refractivity contribution is 4.79. The molecule has 0 amide bonds. The zero-order valence-electron chi connectivity index (χ0n) is 7.95. The van der Waals surface area contributed by atoms with E-state index in [0.29, 0.717) is 5.92 Å². The van der Waals surface area contributed by atoms with E-state index >= 15 is 0 Å². The van der Waals surface area contributed by atoms with Crippen molar-refractivity contribution >= 4 is 0 Å². The summed E-state index contributed by atoms with van der Waals surface area (Å²) in [5.74, 6) is 0.615. The monoisotopic (exact) mass is 186 g/mol. The van der Waals surface area contributed by atoms with Gasteiger partial charge in [-0.3, -0.25) is 0 Å². The summed E-state index contributed by atoms with van der Waals surface area (Å²) in [5.41, 5.74) is 0. The van der Waals surface area contributed by atoms with E-state index in [0.717, 1.165) is 45.5 Å². The number of rotatable bonds is 1. The van der Waals surface area contributed by atoms with E-state index in [2.05, 4.69) is 0 Å². The lowest BCUT2D eigenvalue weighted by molar-refractivity contribution is -0.0898. The summed E-state index contributed by atoms with van der Waals surface area (Å²) in [6, 6.07) is 0. The molecule has 3 nitrogen and oxygen atoms in total. The lowest BCUT2D eigenvalue weighted by Crippen LogP contribution is -2.37. The van der Waals surface area contributed by atoms with Gasteiger partial charge in [0.1, 0.15) is 0 Å². The highest BCUT2D eigenvalue weighted by Crippen LogP contribution is 2.27. The first-order valence-corrected chi connectivity index (χ1v) is 5.23. The molecule has 0 radical (unpaired) electrons. The van der Waals surface area contributed by atoms with E-state index in [1.165, 1.54) is 0 Å². The number of aliphatic hydroxyl groups is 1. The molecule has 0 spiro atoms. The Hall–Kier alpha value is -0.120. The topological polar surface area (TPSA) is 38.7 Å². The Bertz CT molecular complexity index is 154. The van der Waals surface area contributed by atoms with Crippen LogP contribution in [0.5, 0.6) is 0 Å². The van der Waals surface area contributed by atoms with Gasteiger partial charge >= 0.3 is 0 Å². The fraction of sp³-hybridized carbons (Fsp3) is 1.00. The first kappa shape index (κ1) is 9.44. The normalized spacial score (nSPS) is 37.6. The molecule has 2 fully saturated rings. The Morgan fingerprint density at radius 3 is 2.46 bits per heavy atom. The van der Waals surface area contributed by atoms with E-state index in [1.54, 1.807) is 0 Å². The van der Waals surface area contributed by atoms with Crippen LogP contribution in [-0.2, 0) is 9.47 Å². The van der Waals surface area contributed by atoms with Crippen LogP contribution in [0.25, 0.3) is 0 Å². The van der Waals surface area contributed by atoms with Crippen LogP contribution >= 0.6 is 0 Å². The quantitative estimate of drug-likeness (QED) is 0.662. The minimum absolute atomic E-state index is 0.137. The molecule has 0 aromatic carbocycles. The fourth-order valence-electron chi connectivity index (χ4n) is 2.23. The molecule has 76 valence electrons. The molecule has 2 aliphatic heterocycles. The predicted octanol–water partition coefficient (Wildman–Crippen LogP) is 0.953. The van der Waals surface area contributed by atoms with Gasteiger partial charge in [-0.2, -0.15) is 0 Å². The molecule has 0 unspecified atom stereocenters. The molecule has 3 heteroatoms. The highest BCUT2D eigenvalue weighted by atomic mass is 16.5. The summed E-state index contributed by atoms with van der Waals surface area (Å²) in [4.78, 5) is 0. The van der Waals surface area contributed by atoms with E-state index in [-0.39, 0.29) is 12.2 Å². The van der Waals surface area contributed by atoms with E-state index in [4.69, 9.17) is 9.47 Å². The van der Waals surface area contributed by atoms with Gasteiger partial charge in [0.15, 0.2) is 0 Å². The van der Waals surface area contributed by atoms with Crippen molar-refractivity contribution in [1.82, 2.24) is 0 Å². The third-order valence-corrected chi connectivity index (χ3v) is 3.08. The average molecular weight is 186 g/mol. The van der Waals surface area contributed by atoms with Gasteiger partial charge < -0.3 is 14.6 Å².